The molecule has 0 aliphatic heterocycles. The van der Waals surface area contributed by atoms with Crippen LogP contribution in [-0.4, -0.2) is 32.2 Å². The Balaban J connectivity index is 1.74. The summed E-state index contributed by atoms with van der Waals surface area (Å²) in [6.45, 7) is 5.51. The Kier molecular flexibility index (Phi) is 4.97. The van der Waals surface area contributed by atoms with Crippen molar-refractivity contribution < 1.29 is 4.79 Å². The fourth-order valence-electron chi connectivity index (χ4n) is 2.10. The molecular formula is C14H22N6O. The number of rotatable bonds is 7. The minimum Gasteiger partial charge on any atom is -0.395 e. The molecule has 2 aromatic rings. The summed E-state index contributed by atoms with van der Waals surface area (Å²) in [5.41, 5.74) is 7.47. The van der Waals surface area contributed by atoms with Crippen molar-refractivity contribution in [3.05, 3.63) is 30.1 Å². The lowest BCUT2D eigenvalue weighted by molar-refractivity contribution is 0.0948. The van der Waals surface area contributed by atoms with Crippen molar-refractivity contribution >= 4 is 11.6 Å². The highest BCUT2D eigenvalue weighted by atomic mass is 16.1. The number of anilines is 1. The van der Waals surface area contributed by atoms with Gasteiger partial charge in [0.05, 0.1) is 17.7 Å². The van der Waals surface area contributed by atoms with Crippen molar-refractivity contribution in [1.29, 1.82) is 0 Å². The largest absolute Gasteiger partial charge is 0.395 e. The van der Waals surface area contributed by atoms with Gasteiger partial charge >= 0.3 is 0 Å². The van der Waals surface area contributed by atoms with E-state index >= 15 is 0 Å². The summed E-state index contributed by atoms with van der Waals surface area (Å²) in [6.07, 6.45) is 7.34. The van der Waals surface area contributed by atoms with Crippen LogP contribution < -0.4 is 11.1 Å². The minimum absolute atomic E-state index is 0.217. The van der Waals surface area contributed by atoms with Crippen LogP contribution in [0.2, 0.25) is 0 Å². The van der Waals surface area contributed by atoms with Gasteiger partial charge in [-0.1, -0.05) is 13.8 Å². The highest BCUT2D eigenvalue weighted by Crippen LogP contribution is 2.21. The summed E-state index contributed by atoms with van der Waals surface area (Å²) in [4.78, 5) is 16.0. The van der Waals surface area contributed by atoms with E-state index in [9.17, 15) is 4.79 Å². The van der Waals surface area contributed by atoms with E-state index in [1.165, 1.54) is 0 Å². The third-order valence-corrected chi connectivity index (χ3v) is 3.31. The zero-order valence-corrected chi connectivity index (χ0v) is 12.5. The maximum Gasteiger partial charge on any atom is 0.273 e. The van der Waals surface area contributed by atoms with Crippen molar-refractivity contribution in [3.8, 4) is 0 Å². The lowest BCUT2D eigenvalue weighted by atomic mass is 10.1. The molecule has 21 heavy (non-hydrogen) atoms. The van der Waals surface area contributed by atoms with E-state index in [4.69, 9.17) is 5.73 Å². The van der Waals surface area contributed by atoms with Crippen molar-refractivity contribution in [2.45, 2.75) is 39.2 Å². The highest BCUT2D eigenvalue weighted by Gasteiger charge is 2.18. The van der Waals surface area contributed by atoms with Crippen molar-refractivity contribution in [2.75, 3.05) is 12.3 Å². The van der Waals surface area contributed by atoms with Crippen molar-refractivity contribution in [2.24, 2.45) is 0 Å². The molecule has 2 heterocycles. The molecule has 7 nitrogen and oxygen atoms in total. The second kappa shape index (κ2) is 6.92. The molecule has 0 aliphatic rings. The van der Waals surface area contributed by atoms with Crippen LogP contribution in [0.25, 0.3) is 0 Å². The van der Waals surface area contributed by atoms with Gasteiger partial charge in [-0.2, -0.15) is 5.10 Å². The van der Waals surface area contributed by atoms with Gasteiger partial charge < -0.3 is 15.6 Å². The molecule has 0 saturated heterocycles. The van der Waals surface area contributed by atoms with Gasteiger partial charge in [-0.05, 0) is 18.8 Å². The molecule has 0 spiro atoms. The van der Waals surface area contributed by atoms with Gasteiger partial charge in [0.25, 0.3) is 5.91 Å². The van der Waals surface area contributed by atoms with E-state index < -0.39 is 0 Å². The van der Waals surface area contributed by atoms with Crippen LogP contribution in [0.3, 0.4) is 0 Å². The van der Waals surface area contributed by atoms with E-state index in [0.717, 1.165) is 25.1 Å². The number of nitrogens with zero attached hydrogens (tertiary/aromatic N) is 3. The predicted molar refractivity (Wildman–Crippen MR) is 80.9 cm³/mol. The van der Waals surface area contributed by atoms with Gasteiger partial charge in [0.1, 0.15) is 0 Å². The van der Waals surface area contributed by atoms with Crippen molar-refractivity contribution in [1.82, 2.24) is 25.1 Å². The van der Waals surface area contributed by atoms with E-state index in [0.29, 0.717) is 12.2 Å². The Labute approximate surface area is 123 Å². The Morgan fingerprint density at radius 3 is 2.90 bits per heavy atom. The normalized spacial score (nSPS) is 11.0. The number of aromatic nitrogens is 4. The molecule has 4 N–H and O–H groups in total. The van der Waals surface area contributed by atoms with E-state index in [1.807, 2.05) is 24.6 Å². The van der Waals surface area contributed by atoms with Gasteiger partial charge in [0, 0.05) is 25.5 Å². The molecule has 0 aliphatic carbocycles. The number of H-pyrrole nitrogens is 1. The molecule has 0 radical (unpaired) electrons. The zero-order valence-electron chi connectivity index (χ0n) is 12.5. The molecule has 0 fully saturated rings. The van der Waals surface area contributed by atoms with Crippen LogP contribution in [0, 0.1) is 0 Å². The third-order valence-electron chi connectivity index (χ3n) is 3.31. The Hall–Kier alpha value is -2.31. The van der Waals surface area contributed by atoms with Gasteiger partial charge in [-0.15, -0.1) is 0 Å². The maximum atomic E-state index is 12.0. The monoisotopic (exact) mass is 290 g/mol. The summed E-state index contributed by atoms with van der Waals surface area (Å²) >= 11 is 0. The molecule has 2 aromatic heterocycles. The van der Waals surface area contributed by atoms with Crippen LogP contribution in [-0.2, 0) is 6.54 Å². The standard InChI is InChI=1S/C14H22N6O/c1-10(2)12-11(15)13(19-18-12)14(21)17-5-3-4-7-20-8-6-16-9-20/h6,8-10H,3-5,7,15H2,1-2H3,(H,17,21)(H,18,19). The highest BCUT2D eigenvalue weighted by molar-refractivity contribution is 5.97. The first-order valence-corrected chi connectivity index (χ1v) is 7.17. The Morgan fingerprint density at radius 1 is 1.48 bits per heavy atom. The summed E-state index contributed by atoms with van der Waals surface area (Å²) in [5.74, 6) is -0.00693. The first kappa shape index (κ1) is 15.1. The molecule has 2 rings (SSSR count). The SMILES string of the molecule is CC(C)c1[nH]nc(C(=O)NCCCCn2ccnc2)c1N. The number of nitrogens with two attached hydrogens (primary N) is 1. The fraction of sp³-hybridized carbons (Fsp3) is 0.500. The number of hydrogen-bond donors (Lipinski definition) is 3. The minimum atomic E-state index is -0.224. The fourth-order valence-corrected chi connectivity index (χ4v) is 2.10. The number of imidazole rings is 1. The van der Waals surface area contributed by atoms with E-state index in [-0.39, 0.29) is 17.5 Å². The first-order valence-electron chi connectivity index (χ1n) is 7.17. The van der Waals surface area contributed by atoms with E-state index in [2.05, 4.69) is 20.5 Å². The number of aryl methyl sites for hydroxylation is 1. The number of amides is 1. The van der Waals surface area contributed by atoms with Gasteiger partial charge in [-0.25, -0.2) is 4.98 Å². The number of nitrogens with one attached hydrogen (secondary N) is 2. The first-order chi connectivity index (χ1) is 10.1. The summed E-state index contributed by atoms with van der Waals surface area (Å²) in [6, 6.07) is 0. The van der Waals surface area contributed by atoms with Gasteiger partial charge in [0.2, 0.25) is 0 Å². The molecular weight excluding hydrogens is 268 g/mol. The van der Waals surface area contributed by atoms with Crippen LogP contribution >= 0.6 is 0 Å². The van der Waals surface area contributed by atoms with Crippen LogP contribution in [0.1, 0.15) is 48.8 Å². The van der Waals surface area contributed by atoms with Gasteiger partial charge in [-0.3, -0.25) is 9.89 Å². The lowest BCUT2D eigenvalue weighted by Gasteiger charge is -2.05. The molecule has 1 amide bonds. The predicted octanol–water partition coefficient (Wildman–Crippen LogP) is 1.52. The lowest BCUT2D eigenvalue weighted by Crippen LogP contribution is -2.25. The number of carbonyl (C=O) groups excluding carboxylic acids is 1. The second-order valence-electron chi connectivity index (χ2n) is 5.32. The Morgan fingerprint density at radius 2 is 2.29 bits per heavy atom. The molecule has 0 bridgehead atoms. The topological polar surface area (TPSA) is 102 Å². The number of nitrogen functional groups attached to an aromatic ring is 1. The maximum absolute atomic E-state index is 12.0. The average Bonchev–Trinajstić information content (AvgIpc) is 3.07. The average molecular weight is 290 g/mol. The number of unbranched alkanes of at least 4 members (excludes halogenated alkanes) is 1. The van der Waals surface area contributed by atoms with Crippen LogP contribution in [0.15, 0.2) is 18.7 Å². The molecule has 7 heteroatoms. The molecule has 0 saturated carbocycles. The van der Waals surface area contributed by atoms with Crippen LogP contribution in [0.4, 0.5) is 5.69 Å². The molecule has 114 valence electrons. The summed E-state index contributed by atoms with van der Waals surface area (Å²) < 4.78 is 2.02. The van der Waals surface area contributed by atoms with Crippen molar-refractivity contribution in [3.63, 3.8) is 0 Å². The molecule has 0 unspecified atom stereocenters. The second-order valence-corrected chi connectivity index (χ2v) is 5.32. The third kappa shape index (κ3) is 3.84. The molecule has 0 atom stereocenters. The number of carbonyl (C=O) groups is 1. The number of hydrogen-bond acceptors (Lipinski definition) is 4. The Bertz CT molecular complexity index is 572. The smallest absolute Gasteiger partial charge is 0.273 e. The van der Waals surface area contributed by atoms with Crippen LogP contribution in [0.5, 0.6) is 0 Å². The zero-order chi connectivity index (χ0) is 15.2. The summed E-state index contributed by atoms with van der Waals surface area (Å²) in [5, 5.41) is 9.68. The molecule has 0 aromatic carbocycles. The van der Waals surface area contributed by atoms with Gasteiger partial charge in [0.15, 0.2) is 5.69 Å². The summed E-state index contributed by atoms with van der Waals surface area (Å²) in [7, 11) is 0. The van der Waals surface area contributed by atoms with E-state index in [1.54, 1.807) is 12.5 Å². The number of aromatic amines is 1. The quantitative estimate of drug-likeness (QED) is 0.673.